The summed E-state index contributed by atoms with van der Waals surface area (Å²) in [6.07, 6.45) is 0.327. The lowest BCUT2D eigenvalue weighted by atomic mass is 10.0. The van der Waals surface area contributed by atoms with E-state index in [0.29, 0.717) is 13.0 Å². The van der Waals surface area contributed by atoms with Crippen molar-refractivity contribution in [2.45, 2.75) is 13.0 Å². The Hall–Kier alpha value is -3.02. The Kier molecular flexibility index (Phi) is 5.53. The number of carbonyl (C=O) groups excluding carboxylic acids is 1. The quantitative estimate of drug-likeness (QED) is 0.268. The van der Waals surface area contributed by atoms with Crippen molar-refractivity contribution in [2.24, 2.45) is 0 Å². The van der Waals surface area contributed by atoms with Gasteiger partial charge in [-0.3, -0.25) is 9.69 Å². The molecule has 0 saturated heterocycles. The Labute approximate surface area is 193 Å². The molecule has 4 aromatic carbocycles. The Morgan fingerprint density at radius 2 is 1.68 bits per heavy atom. The maximum atomic E-state index is 13.6. The zero-order chi connectivity index (χ0) is 21.2. The lowest BCUT2D eigenvalue weighted by Crippen LogP contribution is -2.31. The minimum Gasteiger partial charge on any atom is -0.283 e. The van der Waals surface area contributed by atoms with Crippen LogP contribution in [0.25, 0.3) is 21.0 Å². The molecule has 0 aliphatic heterocycles. The van der Waals surface area contributed by atoms with Gasteiger partial charge in [0.1, 0.15) is 0 Å². The van der Waals surface area contributed by atoms with E-state index in [-0.39, 0.29) is 5.91 Å². The van der Waals surface area contributed by atoms with Crippen molar-refractivity contribution in [3.05, 3.63) is 107 Å². The number of benzene rings is 4. The number of amides is 1. The van der Waals surface area contributed by atoms with Gasteiger partial charge in [0, 0.05) is 4.47 Å². The van der Waals surface area contributed by atoms with Gasteiger partial charge in [0.05, 0.1) is 23.2 Å². The number of halogens is 1. The van der Waals surface area contributed by atoms with Crippen LogP contribution in [0, 0.1) is 0 Å². The third-order valence-corrected chi connectivity index (χ3v) is 6.81. The van der Waals surface area contributed by atoms with E-state index in [0.717, 1.165) is 41.7 Å². The van der Waals surface area contributed by atoms with E-state index in [4.69, 9.17) is 4.98 Å². The van der Waals surface area contributed by atoms with Crippen LogP contribution < -0.4 is 4.90 Å². The van der Waals surface area contributed by atoms with Gasteiger partial charge in [0.15, 0.2) is 5.13 Å². The summed E-state index contributed by atoms with van der Waals surface area (Å²) >= 11 is 5.07. The van der Waals surface area contributed by atoms with Gasteiger partial charge < -0.3 is 0 Å². The van der Waals surface area contributed by atoms with Gasteiger partial charge in [0.2, 0.25) is 5.91 Å². The maximum Gasteiger partial charge on any atom is 0.233 e. The molecule has 0 atom stereocenters. The summed E-state index contributed by atoms with van der Waals surface area (Å²) in [5, 5.41) is 2.99. The fourth-order valence-corrected chi connectivity index (χ4v) is 5.27. The first-order valence-corrected chi connectivity index (χ1v) is 11.7. The second kappa shape index (κ2) is 8.61. The van der Waals surface area contributed by atoms with Crippen LogP contribution in [0.1, 0.15) is 11.1 Å². The van der Waals surface area contributed by atoms with Gasteiger partial charge in [-0.05, 0) is 40.1 Å². The molecule has 0 bridgehead atoms. The molecule has 0 aliphatic rings. The van der Waals surface area contributed by atoms with Gasteiger partial charge in [-0.15, -0.1) is 0 Å². The lowest BCUT2D eigenvalue weighted by molar-refractivity contribution is -0.118. The summed E-state index contributed by atoms with van der Waals surface area (Å²) in [6, 6.07) is 30.4. The van der Waals surface area contributed by atoms with Crippen LogP contribution in [-0.4, -0.2) is 10.9 Å². The van der Waals surface area contributed by atoms with Crippen molar-refractivity contribution < 1.29 is 4.79 Å². The molecule has 152 valence electrons. The van der Waals surface area contributed by atoms with Gasteiger partial charge in [0.25, 0.3) is 0 Å². The van der Waals surface area contributed by atoms with E-state index in [1.54, 1.807) is 11.3 Å². The number of aromatic nitrogens is 1. The van der Waals surface area contributed by atoms with Crippen molar-refractivity contribution in [1.29, 1.82) is 0 Å². The molecule has 0 aliphatic carbocycles. The van der Waals surface area contributed by atoms with Crippen LogP contribution in [0.3, 0.4) is 0 Å². The number of nitrogens with zero attached hydrogens (tertiary/aromatic N) is 2. The minimum absolute atomic E-state index is 0.0401. The molecule has 0 N–H and O–H groups in total. The lowest BCUT2D eigenvalue weighted by Gasteiger charge is -2.20. The van der Waals surface area contributed by atoms with Crippen molar-refractivity contribution >= 4 is 59.3 Å². The number of carbonyl (C=O) groups is 1. The number of rotatable bonds is 5. The van der Waals surface area contributed by atoms with Crippen molar-refractivity contribution in [2.75, 3.05) is 4.90 Å². The van der Waals surface area contributed by atoms with Gasteiger partial charge in [-0.2, -0.15) is 0 Å². The molecule has 5 rings (SSSR count). The first-order chi connectivity index (χ1) is 15.2. The summed E-state index contributed by atoms with van der Waals surface area (Å²) in [7, 11) is 0. The van der Waals surface area contributed by atoms with Crippen LogP contribution in [-0.2, 0) is 17.8 Å². The highest BCUT2D eigenvalue weighted by atomic mass is 79.9. The van der Waals surface area contributed by atoms with E-state index in [1.165, 1.54) is 0 Å². The van der Waals surface area contributed by atoms with Crippen molar-refractivity contribution in [3.63, 3.8) is 0 Å². The largest absolute Gasteiger partial charge is 0.283 e. The highest BCUT2D eigenvalue weighted by molar-refractivity contribution is 9.10. The average Bonchev–Trinajstić information content (AvgIpc) is 3.21. The molecular weight excluding hydrogens is 468 g/mol. The van der Waals surface area contributed by atoms with E-state index in [1.807, 2.05) is 77.7 Å². The first-order valence-electron chi connectivity index (χ1n) is 10.0. The fraction of sp³-hybridized carbons (Fsp3) is 0.0769. The molecule has 31 heavy (non-hydrogen) atoms. The molecule has 1 heterocycles. The zero-order valence-electron chi connectivity index (χ0n) is 16.7. The first kappa shape index (κ1) is 19.9. The number of hydrogen-bond donors (Lipinski definition) is 0. The highest BCUT2D eigenvalue weighted by Crippen LogP contribution is 2.32. The second-order valence-electron chi connectivity index (χ2n) is 7.39. The van der Waals surface area contributed by atoms with E-state index in [2.05, 4.69) is 34.1 Å². The molecule has 0 spiro atoms. The van der Waals surface area contributed by atoms with E-state index >= 15 is 0 Å². The van der Waals surface area contributed by atoms with Crippen LogP contribution in [0.5, 0.6) is 0 Å². The molecular formula is C26H19BrN2OS. The monoisotopic (exact) mass is 486 g/mol. The summed E-state index contributed by atoms with van der Waals surface area (Å²) < 4.78 is 2.06. The van der Waals surface area contributed by atoms with Crippen molar-refractivity contribution in [1.82, 2.24) is 4.98 Å². The Morgan fingerprint density at radius 3 is 2.55 bits per heavy atom. The summed E-state index contributed by atoms with van der Waals surface area (Å²) in [4.78, 5) is 20.2. The van der Waals surface area contributed by atoms with Gasteiger partial charge >= 0.3 is 0 Å². The Morgan fingerprint density at radius 1 is 0.903 bits per heavy atom. The number of thiazole rings is 1. The SMILES string of the molecule is O=C(Cc1cccc2ccccc12)N(Cc1ccccc1)c1nc2ccc(Br)cc2s1. The van der Waals surface area contributed by atoms with Gasteiger partial charge in [-0.25, -0.2) is 4.98 Å². The fourth-order valence-electron chi connectivity index (χ4n) is 3.74. The highest BCUT2D eigenvalue weighted by Gasteiger charge is 2.21. The number of hydrogen-bond acceptors (Lipinski definition) is 3. The van der Waals surface area contributed by atoms with Crippen LogP contribution in [0.15, 0.2) is 95.5 Å². The topological polar surface area (TPSA) is 33.2 Å². The number of anilines is 1. The summed E-state index contributed by atoms with van der Waals surface area (Å²) in [5.41, 5.74) is 3.01. The van der Waals surface area contributed by atoms with Crippen molar-refractivity contribution in [3.8, 4) is 0 Å². The van der Waals surface area contributed by atoms with Crippen LogP contribution in [0.4, 0.5) is 5.13 Å². The zero-order valence-corrected chi connectivity index (χ0v) is 19.1. The predicted octanol–water partition coefficient (Wildman–Crippen LogP) is 6.99. The molecule has 0 unspecified atom stereocenters. The van der Waals surface area contributed by atoms with Crippen LogP contribution in [0.2, 0.25) is 0 Å². The van der Waals surface area contributed by atoms with Gasteiger partial charge in [-0.1, -0.05) is 100 Å². The molecule has 5 heteroatoms. The minimum atomic E-state index is 0.0401. The summed E-state index contributed by atoms with van der Waals surface area (Å²) in [6.45, 7) is 0.491. The Balaban J connectivity index is 1.53. The molecule has 1 amide bonds. The third-order valence-electron chi connectivity index (χ3n) is 5.28. The predicted molar refractivity (Wildman–Crippen MR) is 133 cm³/mol. The molecule has 0 saturated carbocycles. The number of fused-ring (bicyclic) bond motifs is 2. The molecule has 1 aromatic heterocycles. The standard InChI is InChI=1S/C26H19BrN2OS/c27-21-13-14-23-24(16-21)31-26(28-23)29(17-18-7-2-1-3-8-18)25(30)15-20-11-6-10-19-9-4-5-12-22(19)20/h1-14,16H,15,17H2. The maximum absolute atomic E-state index is 13.6. The Bertz CT molecular complexity index is 1380. The molecule has 3 nitrogen and oxygen atoms in total. The molecule has 5 aromatic rings. The van der Waals surface area contributed by atoms with E-state index in [9.17, 15) is 4.79 Å². The van der Waals surface area contributed by atoms with Crippen LogP contribution >= 0.6 is 27.3 Å². The molecule has 0 radical (unpaired) electrons. The normalized spacial score (nSPS) is 11.1. The second-order valence-corrected chi connectivity index (χ2v) is 9.31. The van der Waals surface area contributed by atoms with E-state index < -0.39 is 0 Å². The smallest absolute Gasteiger partial charge is 0.233 e. The third kappa shape index (κ3) is 4.24. The summed E-state index contributed by atoms with van der Waals surface area (Å²) in [5.74, 6) is 0.0401. The molecule has 0 fully saturated rings. The average molecular weight is 487 g/mol.